The highest BCUT2D eigenvalue weighted by Crippen LogP contribution is 1.83. The van der Waals surface area contributed by atoms with Crippen LogP contribution in [0, 0.1) is 0 Å². The van der Waals surface area contributed by atoms with E-state index in [1.165, 1.54) is 0 Å². The summed E-state index contributed by atoms with van der Waals surface area (Å²) in [7, 11) is 0. The Morgan fingerprint density at radius 2 is 2.11 bits per heavy atom. The molecule has 0 spiro atoms. The molecule has 0 unspecified atom stereocenters. The van der Waals surface area contributed by atoms with Gasteiger partial charge in [0.05, 0.1) is 0 Å². The Labute approximate surface area is 55.8 Å². The van der Waals surface area contributed by atoms with Crippen molar-refractivity contribution in [1.82, 2.24) is 0 Å². The van der Waals surface area contributed by atoms with Crippen molar-refractivity contribution >= 4 is 5.71 Å². The molecule has 0 atom stereocenters. The fourth-order valence-corrected chi connectivity index (χ4v) is 0.256. The molecule has 0 saturated carbocycles. The van der Waals surface area contributed by atoms with Gasteiger partial charge in [-0.1, -0.05) is 6.58 Å². The first-order chi connectivity index (χ1) is 4.16. The lowest BCUT2D eigenvalue weighted by Crippen LogP contribution is -1.89. The van der Waals surface area contributed by atoms with E-state index in [0.29, 0.717) is 5.70 Å². The summed E-state index contributed by atoms with van der Waals surface area (Å²) in [6.07, 6.45) is 3.29. The average molecular weight is 124 g/mol. The Hall–Kier alpha value is -1.05. The van der Waals surface area contributed by atoms with Crippen molar-refractivity contribution < 1.29 is 0 Å². The molecule has 0 aliphatic carbocycles. The zero-order valence-electron chi connectivity index (χ0n) is 5.89. The molecule has 2 nitrogen and oxygen atoms in total. The highest BCUT2D eigenvalue weighted by molar-refractivity contribution is 5.92. The lowest BCUT2D eigenvalue weighted by molar-refractivity contribution is 1.27. The Morgan fingerprint density at radius 3 is 2.44 bits per heavy atom. The van der Waals surface area contributed by atoms with Crippen LogP contribution in [0.15, 0.2) is 29.5 Å². The van der Waals surface area contributed by atoms with Crippen molar-refractivity contribution in [3.8, 4) is 0 Å². The van der Waals surface area contributed by atoms with E-state index >= 15 is 0 Å². The lowest BCUT2D eigenvalue weighted by atomic mass is 10.4. The summed E-state index contributed by atoms with van der Waals surface area (Å²) >= 11 is 0. The standard InChI is InChI=1S/C7H12N2/c1-4-7(3)9-5-6(2)8/h4-5H,1,8H2,2-3H3/b6-5-,9-7?. The molecule has 0 amide bonds. The summed E-state index contributed by atoms with van der Waals surface area (Å²) < 4.78 is 0. The van der Waals surface area contributed by atoms with Crippen molar-refractivity contribution in [2.75, 3.05) is 0 Å². The first kappa shape index (κ1) is 7.95. The summed E-state index contributed by atoms with van der Waals surface area (Å²) in [6.45, 7) is 7.20. The molecule has 0 aliphatic rings. The molecule has 0 rings (SSSR count). The minimum Gasteiger partial charge on any atom is -0.401 e. The third-order valence-corrected chi connectivity index (χ3v) is 0.767. The minimum atomic E-state index is 0.705. The van der Waals surface area contributed by atoms with E-state index in [1.807, 2.05) is 6.92 Å². The minimum absolute atomic E-state index is 0.705. The third-order valence-electron chi connectivity index (χ3n) is 0.767. The Balaban J connectivity index is 3.98. The maximum atomic E-state index is 5.32. The molecule has 0 bridgehead atoms. The van der Waals surface area contributed by atoms with Gasteiger partial charge in [0.2, 0.25) is 0 Å². The van der Waals surface area contributed by atoms with E-state index in [1.54, 1.807) is 19.2 Å². The second kappa shape index (κ2) is 3.89. The number of hydrogen-bond donors (Lipinski definition) is 1. The van der Waals surface area contributed by atoms with Crippen LogP contribution in [-0.2, 0) is 0 Å². The Morgan fingerprint density at radius 1 is 1.56 bits per heavy atom. The molecule has 0 heterocycles. The maximum absolute atomic E-state index is 5.32. The van der Waals surface area contributed by atoms with E-state index in [0.717, 1.165) is 5.71 Å². The highest BCUT2D eigenvalue weighted by Gasteiger charge is 1.76. The molecule has 0 radical (unpaired) electrons. The Bertz CT molecular complexity index is 150. The molecule has 0 aromatic heterocycles. The molecular weight excluding hydrogens is 112 g/mol. The molecule has 0 saturated heterocycles. The summed E-state index contributed by atoms with van der Waals surface area (Å²) in [5.74, 6) is 0. The zero-order valence-corrected chi connectivity index (χ0v) is 5.89. The van der Waals surface area contributed by atoms with Crippen molar-refractivity contribution in [1.29, 1.82) is 0 Å². The van der Waals surface area contributed by atoms with Crippen molar-refractivity contribution in [3.63, 3.8) is 0 Å². The fraction of sp³-hybridized carbons (Fsp3) is 0.286. The smallest absolute Gasteiger partial charge is 0.0455 e. The normalized spacial score (nSPS) is 13.6. The second-order valence-corrected chi connectivity index (χ2v) is 1.85. The first-order valence-corrected chi connectivity index (χ1v) is 2.76. The Kier molecular flexibility index (Phi) is 3.44. The van der Waals surface area contributed by atoms with Gasteiger partial charge in [-0.3, -0.25) is 4.99 Å². The highest BCUT2D eigenvalue weighted by atomic mass is 14.7. The van der Waals surface area contributed by atoms with Crippen molar-refractivity contribution in [2.45, 2.75) is 13.8 Å². The summed E-state index contributed by atoms with van der Waals surface area (Å²) in [5.41, 5.74) is 6.89. The first-order valence-electron chi connectivity index (χ1n) is 2.76. The SMILES string of the molecule is C=CC(C)=N/C=C(/C)N. The summed E-state index contributed by atoms with van der Waals surface area (Å²) in [5, 5.41) is 0. The topological polar surface area (TPSA) is 38.4 Å². The predicted molar refractivity (Wildman–Crippen MR) is 41.3 cm³/mol. The molecule has 0 aromatic rings. The monoisotopic (exact) mass is 124 g/mol. The molecule has 9 heavy (non-hydrogen) atoms. The number of allylic oxidation sites excluding steroid dienone is 2. The molecule has 0 aliphatic heterocycles. The van der Waals surface area contributed by atoms with Gasteiger partial charge in [-0.2, -0.15) is 0 Å². The lowest BCUT2D eigenvalue weighted by Gasteiger charge is -1.86. The van der Waals surface area contributed by atoms with Crippen molar-refractivity contribution in [3.05, 3.63) is 24.6 Å². The van der Waals surface area contributed by atoms with Crippen LogP contribution in [0.2, 0.25) is 0 Å². The molecular formula is C7H12N2. The zero-order chi connectivity index (χ0) is 7.28. The van der Waals surface area contributed by atoms with Crippen LogP contribution in [0.3, 0.4) is 0 Å². The van der Waals surface area contributed by atoms with Gasteiger partial charge in [0, 0.05) is 17.6 Å². The fourth-order valence-electron chi connectivity index (χ4n) is 0.256. The van der Waals surface area contributed by atoms with E-state index in [4.69, 9.17) is 5.73 Å². The largest absolute Gasteiger partial charge is 0.401 e. The third kappa shape index (κ3) is 4.81. The van der Waals surface area contributed by atoms with E-state index in [2.05, 4.69) is 11.6 Å². The molecule has 50 valence electrons. The number of rotatable bonds is 2. The quantitative estimate of drug-likeness (QED) is 0.556. The summed E-state index contributed by atoms with van der Waals surface area (Å²) in [6, 6.07) is 0. The number of nitrogens with zero attached hydrogens (tertiary/aromatic N) is 1. The van der Waals surface area contributed by atoms with E-state index in [-0.39, 0.29) is 0 Å². The van der Waals surface area contributed by atoms with Gasteiger partial charge in [-0.15, -0.1) is 0 Å². The van der Waals surface area contributed by atoms with Gasteiger partial charge in [0.25, 0.3) is 0 Å². The van der Waals surface area contributed by atoms with Crippen LogP contribution in [0.5, 0.6) is 0 Å². The van der Waals surface area contributed by atoms with Gasteiger partial charge in [0.15, 0.2) is 0 Å². The van der Waals surface area contributed by atoms with Crippen LogP contribution in [0.4, 0.5) is 0 Å². The van der Waals surface area contributed by atoms with Gasteiger partial charge in [0.1, 0.15) is 0 Å². The average Bonchev–Trinajstić information content (AvgIpc) is 1.83. The molecule has 0 aromatic carbocycles. The van der Waals surface area contributed by atoms with Crippen LogP contribution in [-0.4, -0.2) is 5.71 Å². The van der Waals surface area contributed by atoms with Crippen molar-refractivity contribution in [2.24, 2.45) is 10.7 Å². The van der Waals surface area contributed by atoms with Crippen LogP contribution >= 0.6 is 0 Å². The predicted octanol–water partition coefficient (Wildman–Crippen LogP) is 1.45. The van der Waals surface area contributed by atoms with Gasteiger partial charge in [-0.05, 0) is 19.9 Å². The summed E-state index contributed by atoms with van der Waals surface area (Å²) in [4.78, 5) is 3.95. The van der Waals surface area contributed by atoms with Gasteiger partial charge in [-0.25, -0.2) is 0 Å². The number of aliphatic imine (C=N–C) groups is 1. The van der Waals surface area contributed by atoms with Gasteiger partial charge >= 0.3 is 0 Å². The van der Waals surface area contributed by atoms with Crippen LogP contribution < -0.4 is 5.73 Å². The van der Waals surface area contributed by atoms with Crippen LogP contribution in [0.1, 0.15) is 13.8 Å². The molecule has 0 fully saturated rings. The van der Waals surface area contributed by atoms with Gasteiger partial charge < -0.3 is 5.73 Å². The van der Waals surface area contributed by atoms with Crippen LogP contribution in [0.25, 0.3) is 0 Å². The van der Waals surface area contributed by atoms with E-state index in [9.17, 15) is 0 Å². The molecule has 2 heteroatoms. The second-order valence-electron chi connectivity index (χ2n) is 1.85. The molecule has 2 N–H and O–H groups in total. The maximum Gasteiger partial charge on any atom is 0.0455 e. The number of hydrogen-bond acceptors (Lipinski definition) is 2. The van der Waals surface area contributed by atoms with E-state index < -0.39 is 0 Å². The number of nitrogens with two attached hydrogens (primary N) is 1.